The molecule has 2 saturated heterocycles. The summed E-state index contributed by atoms with van der Waals surface area (Å²) >= 11 is 0. The Balaban J connectivity index is 1.77. The second-order valence-electron chi connectivity index (χ2n) is 6.53. The lowest BCUT2D eigenvalue weighted by Crippen LogP contribution is -2.31. The fourth-order valence-electron chi connectivity index (χ4n) is 3.41. The van der Waals surface area contributed by atoms with Gasteiger partial charge in [-0.05, 0) is 50.3 Å². The van der Waals surface area contributed by atoms with Crippen LogP contribution in [0, 0.1) is 0 Å². The molecule has 1 aromatic rings. The molecule has 0 spiro atoms. The SMILES string of the molecule is NC(=O)c1ccc(N2CCCCC2)c(NC(=O)CC2CCCO2)c1. The van der Waals surface area contributed by atoms with Crippen LogP contribution >= 0.6 is 0 Å². The van der Waals surface area contributed by atoms with Crippen LogP contribution in [0.25, 0.3) is 0 Å². The van der Waals surface area contributed by atoms with Gasteiger partial charge in [-0.3, -0.25) is 9.59 Å². The van der Waals surface area contributed by atoms with E-state index in [1.165, 1.54) is 6.42 Å². The lowest BCUT2D eigenvalue weighted by molar-refractivity contribution is -0.118. The second kappa shape index (κ2) is 7.66. The van der Waals surface area contributed by atoms with Crippen LogP contribution in [0.4, 0.5) is 11.4 Å². The highest BCUT2D eigenvalue weighted by molar-refractivity contribution is 5.99. The predicted octanol–water partition coefficient (Wildman–Crippen LogP) is 2.28. The Morgan fingerprint density at radius 3 is 2.67 bits per heavy atom. The zero-order valence-electron chi connectivity index (χ0n) is 13.9. The minimum atomic E-state index is -0.491. The molecule has 0 radical (unpaired) electrons. The first kappa shape index (κ1) is 16.8. The number of amides is 2. The highest BCUT2D eigenvalue weighted by Crippen LogP contribution is 2.30. The number of nitrogens with one attached hydrogen (secondary N) is 1. The molecular weight excluding hydrogens is 306 g/mol. The molecule has 2 aliphatic heterocycles. The molecule has 1 unspecified atom stereocenters. The highest BCUT2D eigenvalue weighted by Gasteiger charge is 2.21. The molecule has 1 aromatic carbocycles. The summed E-state index contributed by atoms with van der Waals surface area (Å²) in [6.45, 7) is 2.66. The number of nitrogens with two attached hydrogens (primary N) is 1. The van der Waals surface area contributed by atoms with Gasteiger partial charge in [0.05, 0.1) is 23.9 Å². The first-order valence-electron chi connectivity index (χ1n) is 8.74. The van der Waals surface area contributed by atoms with E-state index in [0.29, 0.717) is 17.7 Å². The minimum Gasteiger partial charge on any atom is -0.378 e. The van der Waals surface area contributed by atoms with Crippen LogP contribution in [0.3, 0.4) is 0 Å². The predicted molar refractivity (Wildman–Crippen MR) is 93.2 cm³/mol. The van der Waals surface area contributed by atoms with E-state index in [2.05, 4.69) is 10.2 Å². The smallest absolute Gasteiger partial charge is 0.248 e. The fourth-order valence-corrected chi connectivity index (χ4v) is 3.41. The van der Waals surface area contributed by atoms with E-state index in [9.17, 15) is 9.59 Å². The maximum absolute atomic E-state index is 12.4. The quantitative estimate of drug-likeness (QED) is 0.867. The van der Waals surface area contributed by atoms with Gasteiger partial charge < -0.3 is 20.7 Å². The Morgan fingerprint density at radius 1 is 1.21 bits per heavy atom. The molecule has 2 aliphatic rings. The van der Waals surface area contributed by atoms with Crippen LogP contribution in [0.15, 0.2) is 18.2 Å². The number of anilines is 2. The number of nitrogens with zero attached hydrogens (tertiary/aromatic N) is 1. The average molecular weight is 331 g/mol. The monoisotopic (exact) mass is 331 g/mol. The summed E-state index contributed by atoms with van der Waals surface area (Å²) in [6, 6.07) is 5.29. The van der Waals surface area contributed by atoms with Crippen molar-refractivity contribution in [1.29, 1.82) is 0 Å². The standard InChI is InChI=1S/C18H25N3O3/c19-18(23)13-6-7-16(21-8-2-1-3-9-21)15(11-13)20-17(22)12-14-5-4-10-24-14/h6-7,11,14H,1-5,8-10,12H2,(H2,19,23)(H,20,22). The van der Waals surface area contributed by atoms with Gasteiger partial charge >= 0.3 is 0 Å². The van der Waals surface area contributed by atoms with Gasteiger partial charge in [-0.25, -0.2) is 0 Å². The lowest BCUT2D eigenvalue weighted by atomic mass is 10.1. The van der Waals surface area contributed by atoms with Crippen molar-refractivity contribution >= 4 is 23.2 Å². The van der Waals surface area contributed by atoms with Crippen LogP contribution in [0.1, 0.15) is 48.9 Å². The van der Waals surface area contributed by atoms with Gasteiger partial charge in [0, 0.05) is 25.3 Å². The van der Waals surface area contributed by atoms with Crippen LogP contribution in [-0.4, -0.2) is 37.6 Å². The molecule has 3 rings (SSSR count). The van der Waals surface area contributed by atoms with Crippen LogP contribution in [-0.2, 0) is 9.53 Å². The van der Waals surface area contributed by atoms with Gasteiger partial charge in [0.2, 0.25) is 11.8 Å². The van der Waals surface area contributed by atoms with E-state index >= 15 is 0 Å². The number of carbonyl (C=O) groups excluding carboxylic acids is 2. The number of primary amides is 1. The Bertz CT molecular complexity index is 606. The molecule has 2 amide bonds. The maximum Gasteiger partial charge on any atom is 0.248 e. The van der Waals surface area contributed by atoms with Crippen molar-refractivity contribution in [3.63, 3.8) is 0 Å². The Hall–Kier alpha value is -2.08. The number of rotatable bonds is 5. The normalized spacial score (nSPS) is 20.8. The third-order valence-electron chi connectivity index (χ3n) is 4.69. The van der Waals surface area contributed by atoms with E-state index in [4.69, 9.17) is 10.5 Å². The number of hydrogen-bond acceptors (Lipinski definition) is 4. The molecule has 0 aromatic heterocycles. The number of hydrogen-bond donors (Lipinski definition) is 2. The van der Waals surface area contributed by atoms with Gasteiger partial charge in [0.15, 0.2) is 0 Å². The van der Waals surface area contributed by atoms with Gasteiger partial charge in [-0.15, -0.1) is 0 Å². The molecule has 0 saturated carbocycles. The molecule has 2 heterocycles. The molecule has 6 nitrogen and oxygen atoms in total. The van der Waals surface area contributed by atoms with Gasteiger partial charge in [0.25, 0.3) is 0 Å². The fraction of sp³-hybridized carbons (Fsp3) is 0.556. The summed E-state index contributed by atoms with van der Waals surface area (Å²) < 4.78 is 5.52. The molecule has 6 heteroatoms. The first-order valence-corrected chi connectivity index (χ1v) is 8.74. The summed E-state index contributed by atoms with van der Waals surface area (Å²) in [4.78, 5) is 26.1. The van der Waals surface area contributed by atoms with E-state index in [1.54, 1.807) is 12.1 Å². The first-order chi connectivity index (χ1) is 11.6. The number of piperidine rings is 1. The summed E-state index contributed by atoms with van der Waals surface area (Å²) in [6.07, 6.45) is 5.79. The Kier molecular flexibility index (Phi) is 5.35. The molecular formula is C18H25N3O3. The minimum absolute atomic E-state index is 0.00256. The summed E-state index contributed by atoms with van der Waals surface area (Å²) in [5, 5.41) is 2.96. The van der Waals surface area contributed by atoms with E-state index < -0.39 is 5.91 Å². The average Bonchev–Trinajstić information content (AvgIpc) is 3.08. The van der Waals surface area contributed by atoms with E-state index in [1.807, 2.05) is 6.07 Å². The number of carbonyl (C=O) groups is 2. The second-order valence-corrected chi connectivity index (χ2v) is 6.53. The van der Waals surface area contributed by atoms with Crippen molar-refractivity contribution in [3.8, 4) is 0 Å². The lowest BCUT2D eigenvalue weighted by Gasteiger charge is -2.30. The van der Waals surface area contributed by atoms with Gasteiger partial charge in [-0.1, -0.05) is 0 Å². The summed E-state index contributed by atoms with van der Waals surface area (Å²) in [5.74, 6) is -0.573. The van der Waals surface area contributed by atoms with Crippen molar-refractivity contribution < 1.29 is 14.3 Å². The van der Waals surface area contributed by atoms with Gasteiger partial charge in [-0.2, -0.15) is 0 Å². The van der Waals surface area contributed by atoms with Crippen LogP contribution in [0.5, 0.6) is 0 Å². The molecule has 0 bridgehead atoms. The zero-order valence-corrected chi connectivity index (χ0v) is 13.9. The van der Waals surface area contributed by atoms with Crippen LogP contribution in [0.2, 0.25) is 0 Å². The van der Waals surface area contributed by atoms with Crippen molar-refractivity contribution in [2.75, 3.05) is 29.9 Å². The summed E-state index contributed by atoms with van der Waals surface area (Å²) in [7, 11) is 0. The van der Waals surface area contributed by atoms with Crippen molar-refractivity contribution in [2.45, 2.75) is 44.6 Å². The third kappa shape index (κ3) is 4.06. The highest BCUT2D eigenvalue weighted by atomic mass is 16.5. The Morgan fingerprint density at radius 2 is 2.00 bits per heavy atom. The molecule has 3 N–H and O–H groups in total. The molecule has 24 heavy (non-hydrogen) atoms. The molecule has 1 atom stereocenters. The zero-order chi connectivity index (χ0) is 16.9. The topological polar surface area (TPSA) is 84.7 Å². The van der Waals surface area contributed by atoms with Crippen molar-refractivity contribution in [3.05, 3.63) is 23.8 Å². The molecule has 130 valence electrons. The molecule has 2 fully saturated rings. The number of ether oxygens (including phenoxy) is 1. The maximum atomic E-state index is 12.4. The van der Waals surface area contributed by atoms with E-state index in [0.717, 1.165) is 51.1 Å². The number of benzene rings is 1. The van der Waals surface area contributed by atoms with Crippen LogP contribution < -0.4 is 16.0 Å². The third-order valence-corrected chi connectivity index (χ3v) is 4.69. The largest absolute Gasteiger partial charge is 0.378 e. The summed E-state index contributed by atoms with van der Waals surface area (Å²) in [5.41, 5.74) is 7.42. The van der Waals surface area contributed by atoms with Gasteiger partial charge in [0.1, 0.15) is 0 Å². The molecule has 0 aliphatic carbocycles. The van der Waals surface area contributed by atoms with E-state index in [-0.39, 0.29) is 12.0 Å². The van der Waals surface area contributed by atoms with Crippen molar-refractivity contribution in [2.24, 2.45) is 5.73 Å². The Labute approximate surface area is 142 Å². The van der Waals surface area contributed by atoms with Crippen molar-refractivity contribution in [1.82, 2.24) is 0 Å².